The fourth-order valence-electron chi connectivity index (χ4n) is 3.49. The van der Waals surface area contributed by atoms with Crippen LogP contribution in [0.4, 0.5) is 0 Å². The van der Waals surface area contributed by atoms with Crippen molar-refractivity contribution in [2.45, 2.75) is 26.8 Å². The Hall–Kier alpha value is -3.07. The first-order valence-electron chi connectivity index (χ1n) is 8.93. The van der Waals surface area contributed by atoms with E-state index in [2.05, 4.69) is 67.9 Å². The van der Waals surface area contributed by atoms with E-state index in [9.17, 15) is 5.11 Å². The van der Waals surface area contributed by atoms with Crippen molar-refractivity contribution in [1.82, 2.24) is 9.78 Å². The topological polar surface area (TPSA) is 38.1 Å². The van der Waals surface area contributed by atoms with Crippen molar-refractivity contribution in [2.24, 2.45) is 0 Å². The fourth-order valence-corrected chi connectivity index (χ4v) is 3.49. The Bertz CT molecular complexity index is 1080. The van der Waals surface area contributed by atoms with Crippen LogP contribution in [0.3, 0.4) is 0 Å². The lowest BCUT2D eigenvalue weighted by atomic mass is 9.97. The molecule has 0 amide bonds. The monoisotopic (exact) mass is 342 g/mol. The zero-order valence-corrected chi connectivity index (χ0v) is 15.3. The first-order valence-corrected chi connectivity index (χ1v) is 8.93. The molecule has 0 radical (unpaired) electrons. The predicted molar refractivity (Wildman–Crippen MR) is 107 cm³/mol. The molecule has 4 rings (SSSR count). The summed E-state index contributed by atoms with van der Waals surface area (Å²) in [6.45, 7) is 6.45. The van der Waals surface area contributed by atoms with Crippen molar-refractivity contribution < 1.29 is 5.11 Å². The summed E-state index contributed by atoms with van der Waals surface area (Å²) in [4.78, 5) is 0. The van der Waals surface area contributed by atoms with Gasteiger partial charge in [0.15, 0.2) is 0 Å². The van der Waals surface area contributed by atoms with E-state index in [1.165, 1.54) is 16.7 Å². The second-order valence-corrected chi connectivity index (χ2v) is 6.95. The molecule has 1 heterocycles. The quantitative estimate of drug-likeness (QED) is 0.498. The van der Waals surface area contributed by atoms with Crippen molar-refractivity contribution in [3.8, 4) is 28.1 Å². The lowest BCUT2D eigenvalue weighted by Gasteiger charge is -2.12. The van der Waals surface area contributed by atoms with E-state index in [1.807, 2.05) is 12.1 Å². The van der Waals surface area contributed by atoms with Crippen molar-refractivity contribution >= 4 is 10.9 Å². The van der Waals surface area contributed by atoms with Gasteiger partial charge in [0.1, 0.15) is 11.4 Å². The van der Waals surface area contributed by atoms with Gasteiger partial charge in [0.25, 0.3) is 0 Å². The highest BCUT2D eigenvalue weighted by atomic mass is 16.3. The summed E-state index contributed by atoms with van der Waals surface area (Å²) in [7, 11) is 0. The summed E-state index contributed by atoms with van der Waals surface area (Å²) in [5, 5.41) is 15.7. The minimum absolute atomic E-state index is 0.244. The largest absolute Gasteiger partial charge is 0.508 e. The normalized spacial score (nSPS) is 11.4. The van der Waals surface area contributed by atoms with Gasteiger partial charge in [0, 0.05) is 22.6 Å². The average molecular weight is 342 g/mol. The molecular formula is C23H22N2O. The Morgan fingerprint density at radius 2 is 1.54 bits per heavy atom. The van der Waals surface area contributed by atoms with Gasteiger partial charge < -0.3 is 5.11 Å². The van der Waals surface area contributed by atoms with Crippen molar-refractivity contribution in [3.63, 3.8) is 0 Å². The van der Waals surface area contributed by atoms with Crippen molar-refractivity contribution in [3.05, 3.63) is 72.3 Å². The van der Waals surface area contributed by atoms with E-state index in [0.29, 0.717) is 0 Å². The number of rotatable bonds is 3. The summed E-state index contributed by atoms with van der Waals surface area (Å²) in [5.41, 5.74) is 6.80. The molecule has 0 saturated carbocycles. The fraction of sp³-hybridized carbons (Fsp3) is 0.174. The summed E-state index contributed by atoms with van der Waals surface area (Å²) < 4.78 is 2.11. The molecule has 130 valence electrons. The molecule has 0 aliphatic carbocycles. The molecule has 0 saturated heterocycles. The third kappa shape index (κ3) is 2.66. The van der Waals surface area contributed by atoms with Crippen LogP contribution in [-0.2, 0) is 0 Å². The third-order valence-electron chi connectivity index (χ3n) is 4.79. The molecule has 3 aromatic carbocycles. The van der Waals surface area contributed by atoms with E-state index >= 15 is 0 Å². The average Bonchev–Trinajstić information content (AvgIpc) is 3.03. The van der Waals surface area contributed by atoms with E-state index in [0.717, 1.165) is 22.2 Å². The Morgan fingerprint density at radius 1 is 0.846 bits per heavy atom. The van der Waals surface area contributed by atoms with Crippen LogP contribution in [-0.4, -0.2) is 14.9 Å². The highest BCUT2D eigenvalue weighted by Crippen LogP contribution is 2.37. The van der Waals surface area contributed by atoms with Crippen LogP contribution in [0.2, 0.25) is 0 Å². The molecule has 26 heavy (non-hydrogen) atoms. The second-order valence-electron chi connectivity index (χ2n) is 6.95. The molecule has 0 aliphatic heterocycles. The number of aryl methyl sites for hydroxylation is 1. The van der Waals surface area contributed by atoms with Crippen molar-refractivity contribution in [2.75, 3.05) is 0 Å². The lowest BCUT2D eigenvalue weighted by Crippen LogP contribution is -2.03. The van der Waals surface area contributed by atoms with Gasteiger partial charge in [-0.1, -0.05) is 42.5 Å². The standard InChI is InChI=1S/C23H22N2O/c1-15(2)25-23-20(19-8-5-4-7-16(19)3)9-6-10-21(23)22(24-25)17-11-13-18(26)14-12-17/h4-15,26H,1-3H3. The van der Waals surface area contributed by atoms with Crippen molar-refractivity contribution in [1.29, 1.82) is 0 Å². The summed E-state index contributed by atoms with van der Waals surface area (Å²) in [6.07, 6.45) is 0. The predicted octanol–water partition coefficient (Wildman–Crippen LogP) is 5.97. The maximum atomic E-state index is 9.61. The van der Waals surface area contributed by atoms with Crippen LogP contribution >= 0.6 is 0 Å². The molecule has 0 unspecified atom stereocenters. The molecule has 4 aromatic rings. The number of nitrogens with zero attached hydrogens (tertiary/aromatic N) is 2. The van der Waals surface area contributed by atoms with Crippen LogP contribution in [0.5, 0.6) is 5.75 Å². The molecule has 0 fully saturated rings. The minimum atomic E-state index is 0.244. The molecule has 0 aliphatic rings. The van der Waals surface area contributed by atoms with E-state index in [1.54, 1.807) is 12.1 Å². The number of phenols is 1. The Labute approximate surface area is 153 Å². The smallest absolute Gasteiger partial charge is 0.115 e. The number of hydrogen-bond acceptors (Lipinski definition) is 2. The highest BCUT2D eigenvalue weighted by molar-refractivity contribution is 6.02. The van der Waals surface area contributed by atoms with Gasteiger partial charge in [-0.05, 0) is 56.2 Å². The van der Waals surface area contributed by atoms with Gasteiger partial charge in [0.05, 0.1) is 5.52 Å². The maximum absolute atomic E-state index is 9.61. The first-order chi connectivity index (χ1) is 12.6. The molecule has 1 N–H and O–H groups in total. The minimum Gasteiger partial charge on any atom is -0.508 e. The molecule has 3 nitrogen and oxygen atoms in total. The molecule has 0 atom stereocenters. The second kappa shape index (κ2) is 6.34. The van der Waals surface area contributed by atoms with Crippen LogP contribution in [0.1, 0.15) is 25.5 Å². The van der Waals surface area contributed by atoms with E-state index in [4.69, 9.17) is 5.10 Å². The number of phenolic OH excluding ortho intramolecular Hbond substituents is 1. The van der Waals surface area contributed by atoms with Gasteiger partial charge >= 0.3 is 0 Å². The summed E-state index contributed by atoms with van der Waals surface area (Å²) >= 11 is 0. The van der Waals surface area contributed by atoms with E-state index < -0.39 is 0 Å². The summed E-state index contributed by atoms with van der Waals surface area (Å²) in [6, 6.07) is 22.4. The molecular weight excluding hydrogens is 320 g/mol. The number of aromatic nitrogens is 2. The Morgan fingerprint density at radius 3 is 2.23 bits per heavy atom. The SMILES string of the molecule is Cc1ccccc1-c1cccc2c(-c3ccc(O)cc3)nn(C(C)C)c12. The number of fused-ring (bicyclic) bond motifs is 1. The van der Waals surface area contributed by atoms with Crippen LogP contribution in [0, 0.1) is 6.92 Å². The number of benzene rings is 3. The van der Waals surface area contributed by atoms with E-state index in [-0.39, 0.29) is 11.8 Å². The zero-order chi connectivity index (χ0) is 18.3. The number of hydrogen-bond donors (Lipinski definition) is 1. The van der Waals surface area contributed by atoms with Gasteiger partial charge in [-0.3, -0.25) is 4.68 Å². The number of para-hydroxylation sites is 1. The third-order valence-corrected chi connectivity index (χ3v) is 4.79. The Balaban J connectivity index is 2.05. The van der Waals surface area contributed by atoms with Crippen LogP contribution < -0.4 is 0 Å². The van der Waals surface area contributed by atoms with Gasteiger partial charge in [0.2, 0.25) is 0 Å². The molecule has 3 heteroatoms. The Kier molecular flexibility index (Phi) is 4.00. The van der Waals surface area contributed by atoms with Gasteiger partial charge in [-0.2, -0.15) is 5.10 Å². The van der Waals surface area contributed by atoms with Gasteiger partial charge in [-0.15, -0.1) is 0 Å². The van der Waals surface area contributed by atoms with Gasteiger partial charge in [-0.25, -0.2) is 0 Å². The first kappa shape index (κ1) is 16.4. The summed E-state index contributed by atoms with van der Waals surface area (Å²) in [5.74, 6) is 0.266. The number of aromatic hydroxyl groups is 1. The maximum Gasteiger partial charge on any atom is 0.115 e. The molecule has 1 aromatic heterocycles. The highest BCUT2D eigenvalue weighted by Gasteiger charge is 2.18. The molecule has 0 spiro atoms. The van der Waals surface area contributed by atoms with Crippen LogP contribution in [0.15, 0.2) is 66.7 Å². The van der Waals surface area contributed by atoms with Crippen LogP contribution in [0.25, 0.3) is 33.3 Å². The molecule has 0 bridgehead atoms. The zero-order valence-electron chi connectivity index (χ0n) is 15.3. The lowest BCUT2D eigenvalue weighted by molar-refractivity contribution is 0.475.